The summed E-state index contributed by atoms with van der Waals surface area (Å²) in [6, 6.07) is 6.09. The molecular weight excluding hydrogens is 266 g/mol. The topological polar surface area (TPSA) is 70.2 Å². The average molecular weight is 287 g/mol. The highest BCUT2D eigenvalue weighted by Gasteiger charge is 2.25. The number of rotatable bonds is 2. The van der Waals surface area contributed by atoms with Crippen LogP contribution in [-0.2, 0) is 16.0 Å². The van der Waals surface area contributed by atoms with Crippen LogP contribution in [-0.4, -0.2) is 24.4 Å². The molecule has 2 aliphatic rings. The molecule has 1 aromatic rings. The van der Waals surface area contributed by atoms with Crippen molar-refractivity contribution in [2.45, 2.75) is 38.6 Å². The number of carbonyl (C=O) groups is 2. The zero-order valence-electron chi connectivity index (χ0n) is 12.2. The lowest BCUT2D eigenvalue weighted by Gasteiger charge is -2.27. The van der Waals surface area contributed by atoms with Gasteiger partial charge in [0.15, 0.2) is 0 Å². The van der Waals surface area contributed by atoms with Crippen molar-refractivity contribution in [3.8, 4) is 0 Å². The number of piperidine rings is 1. The first-order valence-corrected chi connectivity index (χ1v) is 7.59. The van der Waals surface area contributed by atoms with Crippen molar-refractivity contribution in [3.63, 3.8) is 0 Å². The molecule has 0 saturated carbocycles. The minimum Gasteiger partial charge on any atom is -0.326 e. The summed E-state index contributed by atoms with van der Waals surface area (Å²) >= 11 is 0. The van der Waals surface area contributed by atoms with Crippen LogP contribution in [0.1, 0.15) is 31.7 Å². The fourth-order valence-electron chi connectivity index (χ4n) is 3.08. The molecule has 1 fully saturated rings. The molecule has 2 atom stereocenters. The first-order valence-electron chi connectivity index (χ1n) is 7.59. The fraction of sp³-hybridized carbons (Fsp3) is 0.500. The van der Waals surface area contributed by atoms with E-state index in [1.807, 2.05) is 18.2 Å². The Labute approximate surface area is 124 Å². The van der Waals surface area contributed by atoms with E-state index in [9.17, 15) is 9.59 Å². The summed E-state index contributed by atoms with van der Waals surface area (Å²) in [6.45, 7) is 3.01. The van der Waals surface area contributed by atoms with E-state index in [0.717, 1.165) is 42.7 Å². The summed E-state index contributed by atoms with van der Waals surface area (Å²) in [5.74, 6) is 0.239. The van der Waals surface area contributed by atoms with Gasteiger partial charge in [-0.25, -0.2) is 0 Å². The van der Waals surface area contributed by atoms with Crippen LogP contribution in [0.4, 0.5) is 11.4 Å². The standard InChI is InChI=1S/C16H21N3O2/c1-10-8-12(6-7-17-10)16(21)18-13-3-4-14-11(9-13)2-5-15(20)19-14/h3-4,9-10,12,17H,2,5-8H2,1H3,(H,18,21)(H,19,20)/t10-,12-/m0/s1. The van der Waals surface area contributed by atoms with Crippen LogP contribution in [0.5, 0.6) is 0 Å². The third-order valence-electron chi connectivity index (χ3n) is 4.26. The molecule has 0 radical (unpaired) electrons. The zero-order chi connectivity index (χ0) is 14.8. The van der Waals surface area contributed by atoms with Crippen molar-refractivity contribution >= 4 is 23.2 Å². The van der Waals surface area contributed by atoms with Gasteiger partial charge in [0.05, 0.1) is 0 Å². The Morgan fingerprint density at radius 3 is 3.00 bits per heavy atom. The van der Waals surface area contributed by atoms with E-state index in [1.54, 1.807) is 0 Å². The Kier molecular flexibility index (Phi) is 3.92. The number of benzene rings is 1. The van der Waals surface area contributed by atoms with E-state index in [-0.39, 0.29) is 17.7 Å². The average Bonchev–Trinajstić information content (AvgIpc) is 2.47. The molecule has 0 aliphatic carbocycles. The highest BCUT2D eigenvalue weighted by atomic mass is 16.2. The van der Waals surface area contributed by atoms with Crippen LogP contribution < -0.4 is 16.0 Å². The van der Waals surface area contributed by atoms with Gasteiger partial charge in [-0.3, -0.25) is 9.59 Å². The smallest absolute Gasteiger partial charge is 0.227 e. The van der Waals surface area contributed by atoms with Gasteiger partial charge < -0.3 is 16.0 Å². The van der Waals surface area contributed by atoms with E-state index >= 15 is 0 Å². The highest BCUT2D eigenvalue weighted by molar-refractivity contribution is 5.96. The number of carbonyl (C=O) groups excluding carboxylic acids is 2. The minimum absolute atomic E-state index is 0.0583. The van der Waals surface area contributed by atoms with Gasteiger partial charge in [0.1, 0.15) is 0 Å². The number of aryl methyl sites for hydroxylation is 1. The monoisotopic (exact) mass is 287 g/mol. The molecule has 2 heterocycles. The van der Waals surface area contributed by atoms with Gasteiger partial charge in [0.2, 0.25) is 11.8 Å². The quantitative estimate of drug-likeness (QED) is 0.778. The van der Waals surface area contributed by atoms with E-state index in [2.05, 4.69) is 22.9 Å². The van der Waals surface area contributed by atoms with Crippen molar-refractivity contribution in [3.05, 3.63) is 23.8 Å². The van der Waals surface area contributed by atoms with Crippen LogP contribution in [0.3, 0.4) is 0 Å². The number of hydrogen-bond acceptors (Lipinski definition) is 3. The largest absolute Gasteiger partial charge is 0.326 e. The van der Waals surface area contributed by atoms with Gasteiger partial charge in [-0.1, -0.05) is 0 Å². The van der Waals surface area contributed by atoms with Gasteiger partial charge in [0.25, 0.3) is 0 Å². The third kappa shape index (κ3) is 3.24. The predicted molar refractivity (Wildman–Crippen MR) is 82.2 cm³/mol. The number of fused-ring (bicyclic) bond motifs is 1. The summed E-state index contributed by atoms with van der Waals surface area (Å²) in [5.41, 5.74) is 2.77. The van der Waals surface area contributed by atoms with E-state index in [0.29, 0.717) is 12.5 Å². The number of anilines is 2. The lowest BCUT2D eigenvalue weighted by atomic mass is 9.92. The molecule has 5 nitrogen and oxygen atoms in total. The first-order chi connectivity index (χ1) is 10.1. The molecule has 1 aromatic carbocycles. The number of nitrogens with one attached hydrogen (secondary N) is 3. The summed E-state index contributed by atoms with van der Waals surface area (Å²) in [7, 11) is 0. The van der Waals surface area contributed by atoms with Gasteiger partial charge in [-0.2, -0.15) is 0 Å². The lowest BCUT2D eigenvalue weighted by Crippen LogP contribution is -2.40. The molecular formula is C16H21N3O2. The maximum atomic E-state index is 12.3. The van der Waals surface area contributed by atoms with Crippen molar-refractivity contribution < 1.29 is 9.59 Å². The third-order valence-corrected chi connectivity index (χ3v) is 4.26. The van der Waals surface area contributed by atoms with Crippen molar-refractivity contribution in [2.24, 2.45) is 5.92 Å². The molecule has 0 aromatic heterocycles. The molecule has 2 aliphatic heterocycles. The second-order valence-corrected chi connectivity index (χ2v) is 5.99. The highest BCUT2D eigenvalue weighted by Crippen LogP contribution is 2.26. The molecule has 1 saturated heterocycles. The van der Waals surface area contributed by atoms with Crippen molar-refractivity contribution in [1.82, 2.24) is 5.32 Å². The molecule has 5 heteroatoms. The minimum atomic E-state index is 0.0583. The molecule has 0 unspecified atom stereocenters. The SMILES string of the molecule is C[C@H]1C[C@@H](C(=O)Nc2ccc3c(c2)CCC(=O)N3)CCN1. The number of hydrogen-bond donors (Lipinski definition) is 3. The Bertz CT molecular complexity index is 571. The number of amides is 2. The Morgan fingerprint density at radius 2 is 2.19 bits per heavy atom. The van der Waals surface area contributed by atoms with Crippen molar-refractivity contribution in [1.29, 1.82) is 0 Å². The predicted octanol–water partition coefficient (Wildman–Crippen LogP) is 1.90. The zero-order valence-corrected chi connectivity index (χ0v) is 12.2. The van der Waals surface area contributed by atoms with E-state index < -0.39 is 0 Å². The van der Waals surface area contributed by atoms with Crippen LogP contribution in [0, 0.1) is 5.92 Å². The van der Waals surface area contributed by atoms with Gasteiger partial charge in [-0.05, 0) is 56.5 Å². The molecule has 2 amide bonds. The molecule has 21 heavy (non-hydrogen) atoms. The van der Waals surface area contributed by atoms with Crippen LogP contribution in [0.25, 0.3) is 0 Å². The van der Waals surface area contributed by atoms with Crippen LogP contribution in [0.2, 0.25) is 0 Å². The summed E-state index contributed by atoms with van der Waals surface area (Å²) in [6.07, 6.45) is 3.01. The normalized spacial score (nSPS) is 24.9. The lowest BCUT2D eigenvalue weighted by molar-refractivity contribution is -0.121. The van der Waals surface area contributed by atoms with Gasteiger partial charge in [-0.15, -0.1) is 0 Å². The summed E-state index contributed by atoms with van der Waals surface area (Å²) < 4.78 is 0. The summed E-state index contributed by atoms with van der Waals surface area (Å²) in [4.78, 5) is 23.7. The maximum Gasteiger partial charge on any atom is 0.227 e. The second kappa shape index (κ2) is 5.85. The fourth-order valence-corrected chi connectivity index (χ4v) is 3.08. The molecule has 3 rings (SSSR count). The summed E-state index contributed by atoms with van der Waals surface area (Å²) in [5, 5.41) is 9.22. The van der Waals surface area contributed by atoms with E-state index in [4.69, 9.17) is 0 Å². The first kappa shape index (κ1) is 14.1. The second-order valence-electron chi connectivity index (χ2n) is 5.99. The van der Waals surface area contributed by atoms with Gasteiger partial charge in [0, 0.05) is 29.8 Å². The van der Waals surface area contributed by atoms with Crippen molar-refractivity contribution in [2.75, 3.05) is 17.2 Å². The Hall–Kier alpha value is -1.88. The van der Waals surface area contributed by atoms with Gasteiger partial charge >= 0.3 is 0 Å². The molecule has 0 bridgehead atoms. The van der Waals surface area contributed by atoms with Crippen LogP contribution >= 0.6 is 0 Å². The molecule has 0 spiro atoms. The van der Waals surface area contributed by atoms with Crippen LogP contribution in [0.15, 0.2) is 18.2 Å². The molecule has 3 N–H and O–H groups in total. The Balaban J connectivity index is 1.67. The van der Waals surface area contributed by atoms with E-state index in [1.165, 1.54) is 0 Å². The maximum absolute atomic E-state index is 12.3. The molecule has 112 valence electrons. The Morgan fingerprint density at radius 1 is 1.33 bits per heavy atom.